The fraction of sp³-hybridized carbons (Fsp3) is 0.273. The number of hydrogen-bond acceptors (Lipinski definition) is 3. The van der Waals surface area contributed by atoms with Gasteiger partial charge in [0.15, 0.2) is 0 Å². The minimum Gasteiger partial charge on any atom is -0.480 e. The maximum Gasteiger partial charge on any atom is 0.320 e. The maximum atomic E-state index is 11.5. The Hall–Kier alpha value is -1.30. The number of carbonyl (C=O) groups excluding carboxylic acids is 1. The molecule has 0 radical (unpaired) electrons. The topological polar surface area (TPSA) is 78.4 Å². The molecule has 0 aromatic heterocycles. The number of nitrogens with one attached hydrogen (secondary N) is 2. The van der Waals surface area contributed by atoms with Crippen LogP contribution in [0.15, 0.2) is 18.2 Å². The lowest BCUT2D eigenvalue weighted by Gasteiger charge is -2.10. The Bertz CT molecular complexity index is 466. The second-order valence-corrected chi connectivity index (χ2v) is 4.38. The fourth-order valence-corrected chi connectivity index (χ4v) is 1.48. The third-order valence-electron chi connectivity index (χ3n) is 2.16. The van der Waals surface area contributed by atoms with Gasteiger partial charge in [-0.05, 0) is 19.1 Å². The molecule has 1 amide bonds. The normalized spacial score (nSPS) is 11.9. The standard InChI is InChI=1S/C11H12Cl2N2O3/c1-6(11(17)18)14-5-9(16)15-8-4-2-3-7(12)10(8)13/h2-4,6,14H,5H2,1H3,(H,15,16)(H,17,18)/t6-/m1/s1. The van der Waals surface area contributed by atoms with Crippen LogP contribution in [0.2, 0.25) is 10.0 Å². The number of benzene rings is 1. The minimum atomic E-state index is -1.02. The zero-order valence-electron chi connectivity index (χ0n) is 9.54. The average Bonchev–Trinajstić information content (AvgIpc) is 2.32. The van der Waals surface area contributed by atoms with Crippen LogP contribution in [-0.4, -0.2) is 29.6 Å². The molecule has 98 valence electrons. The quantitative estimate of drug-likeness (QED) is 0.775. The van der Waals surface area contributed by atoms with Crippen molar-refractivity contribution in [1.82, 2.24) is 5.32 Å². The van der Waals surface area contributed by atoms with Crippen LogP contribution in [0.25, 0.3) is 0 Å². The molecule has 1 atom stereocenters. The average molecular weight is 291 g/mol. The first-order valence-corrected chi connectivity index (χ1v) is 5.87. The van der Waals surface area contributed by atoms with E-state index >= 15 is 0 Å². The van der Waals surface area contributed by atoms with E-state index in [0.29, 0.717) is 10.7 Å². The molecule has 0 heterocycles. The number of aliphatic carboxylic acids is 1. The summed E-state index contributed by atoms with van der Waals surface area (Å²) in [4.78, 5) is 22.1. The Balaban J connectivity index is 2.55. The molecular formula is C11H12Cl2N2O3. The van der Waals surface area contributed by atoms with Crippen molar-refractivity contribution in [3.8, 4) is 0 Å². The summed E-state index contributed by atoms with van der Waals surface area (Å²) in [7, 11) is 0. The van der Waals surface area contributed by atoms with Crippen LogP contribution in [0.5, 0.6) is 0 Å². The highest BCUT2D eigenvalue weighted by molar-refractivity contribution is 6.43. The summed E-state index contributed by atoms with van der Waals surface area (Å²) >= 11 is 11.7. The molecule has 1 aromatic carbocycles. The van der Waals surface area contributed by atoms with Crippen molar-refractivity contribution in [2.45, 2.75) is 13.0 Å². The van der Waals surface area contributed by atoms with Crippen molar-refractivity contribution < 1.29 is 14.7 Å². The van der Waals surface area contributed by atoms with Crippen molar-refractivity contribution in [1.29, 1.82) is 0 Å². The lowest BCUT2D eigenvalue weighted by Crippen LogP contribution is -2.39. The van der Waals surface area contributed by atoms with Crippen LogP contribution in [0, 0.1) is 0 Å². The van der Waals surface area contributed by atoms with E-state index in [2.05, 4.69) is 10.6 Å². The van der Waals surface area contributed by atoms with Gasteiger partial charge in [0.1, 0.15) is 6.04 Å². The van der Waals surface area contributed by atoms with Crippen LogP contribution >= 0.6 is 23.2 Å². The van der Waals surface area contributed by atoms with Gasteiger partial charge in [-0.1, -0.05) is 29.3 Å². The third kappa shape index (κ3) is 4.18. The third-order valence-corrected chi connectivity index (χ3v) is 2.98. The molecule has 0 unspecified atom stereocenters. The molecule has 7 heteroatoms. The van der Waals surface area contributed by atoms with Crippen LogP contribution in [-0.2, 0) is 9.59 Å². The van der Waals surface area contributed by atoms with Crippen molar-refractivity contribution in [2.75, 3.05) is 11.9 Å². The van der Waals surface area contributed by atoms with E-state index < -0.39 is 17.9 Å². The predicted octanol–water partition coefficient (Wildman–Crippen LogP) is 1.99. The summed E-state index contributed by atoms with van der Waals surface area (Å²) in [5, 5.41) is 14.3. The molecule has 0 aliphatic rings. The molecule has 5 nitrogen and oxygen atoms in total. The number of amides is 1. The molecule has 1 aromatic rings. The number of halogens is 2. The number of carbonyl (C=O) groups is 2. The molecule has 0 spiro atoms. The lowest BCUT2D eigenvalue weighted by molar-refractivity contribution is -0.139. The van der Waals surface area contributed by atoms with Gasteiger partial charge < -0.3 is 10.4 Å². The Morgan fingerprint density at radius 2 is 2.06 bits per heavy atom. The van der Waals surface area contributed by atoms with Gasteiger partial charge in [0.25, 0.3) is 0 Å². The maximum absolute atomic E-state index is 11.5. The molecule has 0 bridgehead atoms. The van der Waals surface area contributed by atoms with E-state index in [9.17, 15) is 9.59 Å². The van der Waals surface area contributed by atoms with E-state index in [-0.39, 0.29) is 11.6 Å². The molecule has 0 fully saturated rings. The van der Waals surface area contributed by atoms with E-state index in [1.165, 1.54) is 6.92 Å². The van der Waals surface area contributed by atoms with E-state index in [0.717, 1.165) is 0 Å². The van der Waals surface area contributed by atoms with E-state index in [1.807, 2.05) is 0 Å². The fourth-order valence-electron chi connectivity index (χ4n) is 1.13. The second kappa shape index (κ2) is 6.58. The first-order valence-electron chi connectivity index (χ1n) is 5.12. The highest BCUT2D eigenvalue weighted by Crippen LogP contribution is 2.29. The van der Waals surface area contributed by atoms with Gasteiger partial charge >= 0.3 is 5.97 Å². The molecule has 0 saturated carbocycles. The lowest BCUT2D eigenvalue weighted by atomic mass is 10.3. The first-order chi connectivity index (χ1) is 8.41. The van der Waals surface area contributed by atoms with Gasteiger partial charge in [-0.2, -0.15) is 0 Å². The number of hydrogen-bond donors (Lipinski definition) is 3. The number of carboxylic acid groups (broad SMARTS) is 1. The van der Waals surface area contributed by atoms with Crippen molar-refractivity contribution in [2.24, 2.45) is 0 Å². The summed E-state index contributed by atoms with van der Waals surface area (Å²) in [6.45, 7) is 1.32. The number of carboxylic acids is 1. The van der Waals surface area contributed by atoms with Crippen molar-refractivity contribution >= 4 is 40.8 Å². The van der Waals surface area contributed by atoms with Crippen LogP contribution in [0.1, 0.15) is 6.92 Å². The summed E-state index contributed by atoms with van der Waals surface area (Å²) in [6.07, 6.45) is 0. The molecule has 1 rings (SSSR count). The number of anilines is 1. The first kappa shape index (κ1) is 14.8. The van der Waals surface area contributed by atoms with Gasteiger partial charge in [0, 0.05) is 0 Å². The largest absolute Gasteiger partial charge is 0.480 e. The minimum absolute atomic E-state index is 0.129. The molecule has 18 heavy (non-hydrogen) atoms. The Kier molecular flexibility index (Phi) is 5.40. The Morgan fingerprint density at radius 3 is 2.67 bits per heavy atom. The van der Waals surface area contributed by atoms with Gasteiger partial charge in [-0.15, -0.1) is 0 Å². The molecule has 3 N–H and O–H groups in total. The summed E-state index contributed by atoms with van der Waals surface area (Å²) in [5.41, 5.74) is 0.388. The Labute approximate surface area is 114 Å². The van der Waals surface area contributed by atoms with Gasteiger partial charge in [0.05, 0.1) is 22.3 Å². The SMILES string of the molecule is C[C@@H](NCC(=O)Nc1cccc(Cl)c1Cl)C(=O)O. The van der Waals surface area contributed by atoms with Crippen molar-refractivity contribution in [3.63, 3.8) is 0 Å². The van der Waals surface area contributed by atoms with Crippen LogP contribution in [0.3, 0.4) is 0 Å². The summed E-state index contributed by atoms with van der Waals surface area (Å²) in [5.74, 6) is -1.42. The second-order valence-electron chi connectivity index (χ2n) is 3.59. The van der Waals surface area contributed by atoms with Gasteiger partial charge in [-0.25, -0.2) is 0 Å². The monoisotopic (exact) mass is 290 g/mol. The van der Waals surface area contributed by atoms with Crippen LogP contribution in [0.4, 0.5) is 5.69 Å². The molecule has 0 aliphatic heterocycles. The summed E-state index contributed by atoms with van der Waals surface area (Å²) in [6, 6.07) is 4.05. The van der Waals surface area contributed by atoms with Crippen LogP contribution < -0.4 is 10.6 Å². The Morgan fingerprint density at radius 1 is 1.39 bits per heavy atom. The smallest absolute Gasteiger partial charge is 0.320 e. The van der Waals surface area contributed by atoms with E-state index in [1.54, 1.807) is 18.2 Å². The van der Waals surface area contributed by atoms with Crippen molar-refractivity contribution in [3.05, 3.63) is 28.2 Å². The number of rotatable bonds is 5. The highest BCUT2D eigenvalue weighted by Gasteiger charge is 2.13. The molecule has 0 saturated heterocycles. The molecule has 0 aliphatic carbocycles. The van der Waals surface area contributed by atoms with E-state index in [4.69, 9.17) is 28.3 Å². The van der Waals surface area contributed by atoms with Gasteiger partial charge in [0.2, 0.25) is 5.91 Å². The predicted molar refractivity (Wildman–Crippen MR) is 70.2 cm³/mol. The molecular weight excluding hydrogens is 279 g/mol. The zero-order valence-corrected chi connectivity index (χ0v) is 11.0. The summed E-state index contributed by atoms with van der Waals surface area (Å²) < 4.78 is 0. The highest BCUT2D eigenvalue weighted by atomic mass is 35.5. The zero-order chi connectivity index (χ0) is 13.7. The van der Waals surface area contributed by atoms with Gasteiger partial charge in [-0.3, -0.25) is 14.9 Å².